The summed E-state index contributed by atoms with van der Waals surface area (Å²) >= 11 is 0. The van der Waals surface area contributed by atoms with Crippen LogP contribution in [0.3, 0.4) is 0 Å². The molecular formula is C19H17NO5. The van der Waals surface area contributed by atoms with Crippen molar-refractivity contribution in [3.8, 4) is 0 Å². The molecule has 0 saturated heterocycles. The quantitative estimate of drug-likeness (QED) is 0.632. The number of amides is 2. The van der Waals surface area contributed by atoms with Gasteiger partial charge in [-0.15, -0.1) is 5.06 Å². The summed E-state index contributed by atoms with van der Waals surface area (Å²) in [5.41, 5.74) is 1.56. The van der Waals surface area contributed by atoms with Crippen molar-refractivity contribution in [2.75, 3.05) is 7.11 Å². The van der Waals surface area contributed by atoms with Gasteiger partial charge in [0.25, 0.3) is 11.8 Å². The van der Waals surface area contributed by atoms with Gasteiger partial charge in [0.2, 0.25) is 0 Å². The number of ether oxygens (including phenoxy) is 1. The lowest BCUT2D eigenvalue weighted by molar-refractivity contribution is -0.174. The van der Waals surface area contributed by atoms with Crippen molar-refractivity contribution in [2.24, 2.45) is 0 Å². The van der Waals surface area contributed by atoms with Crippen LogP contribution >= 0.6 is 0 Å². The third kappa shape index (κ3) is 3.44. The summed E-state index contributed by atoms with van der Waals surface area (Å²) in [5, 5.41) is 0.745. The fraction of sp³-hybridized carbons (Fsp3) is 0.211. The average molecular weight is 339 g/mol. The molecular weight excluding hydrogens is 322 g/mol. The van der Waals surface area contributed by atoms with E-state index in [4.69, 9.17) is 9.57 Å². The Hall–Kier alpha value is -2.99. The Balaban J connectivity index is 1.90. The lowest BCUT2D eigenvalue weighted by Crippen LogP contribution is -2.36. The van der Waals surface area contributed by atoms with E-state index in [0.29, 0.717) is 5.56 Å². The minimum Gasteiger partial charge on any atom is -0.469 e. The molecule has 0 radical (unpaired) electrons. The Bertz CT molecular complexity index is 802. The van der Waals surface area contributed by atoms with E-state index < -0.39 is 23.7 Å². The molecule has 2 amide bonds. The molecule has 0 bridgehead atoms. The summed E-state index contributed by atoms with van der Waals surface area (Å²) in [6.45, 7) is 0.0728. The molecule has 1 heterocycles. The number of hydroxylamine groups is 2. The molecule has 0 spiro atoms. The predicted octanol–water partition coefficient (Wildman–Crippen LogP) is 2.45. The first-order valence-corrected chi connectivity index (χ1v) is 7.82. The van der Waals surface area contributed by atoms with Crippen LogP contribution in [-0.2, 0) is 25.8 Å². The van der Waals surface area contributed by atoms with E-state index >= 15 is 0 Å². The molecule has 1 unspecified atom stereocenters. The van der Waals surface area contributed by atoms with Crippen LogP contribution in [0.5, 0.6) is 0 Å². The Labute approximate surface area is 144 Å². The van der Waals surface area contributed by atoms with Crippen LogP contribution < -0.4 is 0 Å². The van der Waals surface area contributed by atoms with Crippen LogP contribution in [0.25, 0.3) is 0 Å². The minimum atomic E-state index is -0.831. The van der Waals surface area contributed by atoms with Crippen molar-refractivity contribution < 1.29 is 24.0 Å². The van der Waals surface area contributed by atoms with Crippen molar-refractivity contribution in [1.82, 2.24) is 5.06 Å². The number of carbonyl (C=O) groups is 3. The normalized spacial score (nSPS) is 17.0. The average Bonchev–Trinajstić information content (AvgIpc) is 2.76. The standard InChI is InChI=1S/C19H17NO5/c1-24-19(23)16-11-17(21)20(25-12-13-7-3-2-4-8-13)18(22)15-10-6-5-9-14(15)16/h2-10,16H,11-12H2,1H3. The van der Waals surface area contributed by atoms with Crippen LogP contribution in [0.1, 0.15) is 33.8 Å². The molecule has 0 aromatic heterocycles. The second-order valence-electron chi connectivity index (χ2n) is 5.62. The van der Waals surface area contributed by atoms with Crippen LogP contribution in [0.2, 0.25) is 0 Å². The molecule has 2 aromatic rings. The lowest BCUT2D eigenvalue weighted by Gasteiger charge is -2.18. The number of carbonyl (C=O) groups excluding carboxylic acids is 3. The van der Waals surface area contributed by atoms with E-state index in [1.54, 1.807) is 24.3 Å². The van der Waals surface area contributed by atoms with Crippen molar-refractivity contribution in [3.05, 3.63) is 71.3 Å². The molecule has 128 valence electrons. The first-order chi connectivity index (χ1) is 12.1. The topological polar surface area (TPSA) is 72.9 Å². The van der Waals surface area contributed by atoms with E-state index in [9.17, 15) is 14.4 Å². The van der Waals surface area contributed by atoms with Crippen molar-refractivity contribution in [3.63, 3.8) is 0 Å². The molecule has 3 rings (SSSR count). The highest BCUT2D eigenvalue weighted by molar-refractivity contribution is 6.08. The van der Waals surface area contributed by atoms with Gasteiger partial charge >= 0.3 is 5.97 Å². The number of esters is 1. The smallest absolute Gasteiger partial charge is 0.313 e. The van der Waals surface area contributed by atoms with Gasteiger partial charge in [-0.2, -0.15) is 0 Å². The van der Waals surface area contributed by atoms with E-state index in [-0.39, 0.29) is 18.6 Å². The molecule has 2 aromatic carbocycles. The third-order valence-electron chi connectivity index (χ3n) is 4.05. The van der Waals surface area contributed by atoms with Gasteiger partial charge in [-0.25, -0.2) is 0 Å². The highest BCUT2D eigenvalue weighted by Crippen LogP contribution is 2.30. The number of rotatable bonds is 4. The maximum absolute atomic E-state index is 12.8. The number of benzene rings is 2. The largest absolute Gasteiger partial charge is 0.469 e. The maximum Gasteiger partial charge on any atom is 0.313 e. The molecule has 6 heteroatoms. The van der Waals surface area contributed by atoms with Crippen LogP contribution in [0.15, 0.2) is 54.6 Å². The number of methoxy groups -OCH3 is 1. The Morgan fingerprint density at radius 2 is 1.76 bits per heavy atom. The number of hydrogen-bond donors (Lipinski definition) is 0. The van der Waals surface area contributed by atoms with Crippen LogP contribution in [0.4, 0.5) is 0 Å². The fourth-order valence-electron chi connectivity index (χ4n) is 2.78. The van der Waals surface area contributed by atoms with Crippen LogP contribution in [-0.4, -0.2) is 30.0 Å². The molecule has 6 nitrogen and oxygen atoms in total. The zero-order valence-electron chi connectivity index (χ0n) is 13.7. The number of hydrogen-bond acceptors (Lipinski definition) is 5. The fourth-order valence-corrected chi connectivity index (χ4v) is 2.78. The maximum atomic E-state index is 12.8. The van der Waals surface area contributed by atoms with Gasteiger partial charge in [0.15, 0.2) is 0 Å². The Kier molecular flexibility index (Phi) is 4.90. The van der Waals surface area contributed by atoms with Crippen molar-refractivity contribution in [1.29, 1.82) is 0 Å². The third-order valence-corrected chi connectivity index (χ3v) is 4.05. The van der Waals surface area contributed by atoms with Crippen molar-refractivity contribution >= 4 is 17.8 Å². The Morgan fingerprint density at radius 3 is 2.48 bits per heavy atom. The van der Waals surface area contributed by atoms with Gasteiger partial charge in [0, 0.05) is 12.0 Å². The molecule has 0 saturated carbocycles. The first kappa shape index (κ1) is 16.9. The molecule has 25 heavy (non-hydrogen) atoms. The van der Waals surface area contributed by atoms with Crippen LogP contribution in [0, 0.1) is 0 Å². The van der Waals surface area contributed by atoms with Gasteiger partial charge in [0.05, 0.1) is 13.0 Å². The molecule has 1 atom stereocenters. The molecule has 1 aliphatic heterocycles. The highest BCUT2D eigenvalue weighted by Gasteiger charge is 2.38. The van der Waals surface area contributed by atoms with Gasteiger partial charge in [-0.3, -0.25) is 19.2 Å². The number of imide groups is 1. The molecule has 0 aliphatic carbocycles. The Morgan fingerprint density at radius 1 is 1.08 bits per heavy atom. The summed E-state index contributed by atoms with van der Waals surface area (Å²) < 4.78 is 4.79. The van der Waals surface area contributed by atoms with Gasteiger partial charge in [-0.1, -0.05) is 48.5 Å². The van der Waals surface area contributed by atoms with E-state index in [0.717, 1.165) is 10.6 Å². The molecule has 0 N–H and O–H groups in total. The predicted molar refractivity (Wildman–Crippen MR) is 88.2 cm³/mol. The lowest BCUT2D eigenvalue weighted by atomic mass is 9.92. The summed E-state index contributed by atoms with van der Waals surface area (Å²) in [6.07, 6.45) is -0.190. The summed E-state index contributed by atoms with van der Waals surface area (Å²) in [6, 6.07) is 15.8. The number of nitrogens with zero attached hydrogens (tertiary/aromatic N) is 1. The SMILES string of the molecule is COC(=O)C1CC(=O)N(OCc2ccccc2)C(=O)c2ccccc21. The zero-order chi connectivity index (χ0) is 17.8. The monoisotopic (exact) mass is 339 g/mol. The van der Waals surface area contributed by atoms with E-state index in [1.807, 2.05) is 30.3 Å². The molecule has 0 fully saturated rings. The highest BCUT2D eigenvalue weighted by atomic mass is 16.7. The number of fused-ring (bicyclic) bond motifs is 1. The van der Waals surface area contributed by atoms with Crippen molar-refractivity contribution in [2.45, 2.75) is 18.9 Å². The second kappa shape index (κ2) is 7.27. The minimum absolute atomic E-state index is 0.0728. The van der Waals surface area contributed by atoms with Gasteiger partial charge < -0.3 is 4.74 Å². The second-order valence-corrected chi connectivity index (χ2v) is 5.62. The van der Waals surface area contributed by atoms with E-state index in [1.165, 1.54) is 7.11 Å². The van der Waals surface area contributed by atoms with Gasteiger partial charge in [0.1, 0.15) is 6.61 Å². The summed E-state index contributed by atoms with van der Waals surface area (Å²) in [4.78, 5) is 42.8. The zero-order valence-corrected chi connectivity index (χ0v) is 13.7. The van der Waals surface area contributed by atoms with Gasteiger partial charge in [-0.05, 0) is 17.2 Å². The summed E-state index contributed by atoms with van der Waals surface area (Å²) in [5.74, 6) is -2.54. The first-order valence-electron chi connectivity index (χ1n) is 7.82. The summed E-state index contributed by atoms with van der Waals surface area (Å²) in [7, 11) is 1.26. The molecule has 1 aliphatic rings. The van der Waals surface area contributed by atoms with E-state index in [2.05, 4.69) is 0 Å².